The fourth-order valence-corrected chi connectivity index (χ4v) is 6.35. The Kier molecular flexibility index (Phi) is 8.19. The first-order chi connectivity index (χ1) is 17.8. The zero-order chi connectivity index (χ0) is 26.7. The van der Waals surface area contributed by atoms with Crippen LogP contribution >= 0.6 is 0 Å². The molecule has 3 aliphatic rings. The van der Waals surface area contributed by atoms with Crippen molar-refractivity contribution in [3.63, 3.8) is 0 Å². The van der Waals surface area contributed by atoms with Crippen LogP contribution in [-0.4, -0.2) is 76.2 Å². The van der Waals surface area contributed by atoms with E-state index < -0.39 is 41.6 Å². The smallest absolute Gasteiger partial charge is 0.312 e. The van der Waals surface area contributed by atoms with E-state index in [0.29, 0.717) is 31.4 Å². The molecule has 8 heteroatoms. The summed E-state index contributed by atoms with van der Waals surface area (Å²) < 4.78 is 12.0. The summed E-state index contributed by atoms with van der Waals surface area (Å²) in [7, 11) is 0. The maximum Gasteiger partial charge on any atom is 0.312 e. The molecule has 3 fully saturated rings. The van der Waals surface area contributed by atoms with E-state index in [1.165, 1.54) is 4.90 Å². The highest BCUT2D eigenvalue weighted by molar-refractivity contribution is 5.98. The minimum Gasteiger partial charge on any atom is -0.465 e. The summed E-state index contributed by atoms with van der Waals surface area (Å²) in [6.45, 7) is 11.5. The van der Waals surface area contributed by atoms with Crippen LogP contribution in [0, 0.1) is 11.8 Å². The molecule has 1 aromatic rings. The van der Waals surface area contributed by atoms with Gasteiger partial charge in [0.2, 0.25) is 11.8 Å². The van der Waals surface area contributed by atoms with Crippen LogP contribution in [0.1, 0.15) is 51.1 Å². The van der Waals surface area contributed by atoms with E-state index in [-0.39, 0.29) is 31.1 Å². The Hall–Kier alpha value is -2.97. The number of rotatable bonds is 12. The monoisotopic (exact) mass is 510 g/mol. The minimum atomic E-state index is -1.15. The molecule has 4 rings (SSSR count). The molecule has 200 valence electrons. The molecule has 1 aromatic carbocycles. The molecule has 3 saturated heterocycles. The zero-order valence-electron chi connectivity index (χ0n) is 21.8. The van der Waals surface area contributed by atoms with Crippen LogP contribution in [0.5, 0.6) is 0 Å². The highest BCUT2D eigenvalue weighted by Crippen LogP contribution is 2.60. The van der Waals surface area contributed by atoms with Gasteiger partial charge in [0.1, 0.15) is 11.6 Å². The van der Waals surface area contributed by atoms with Gasteiger partial charge in [-0.1, -0.05) is 42.5 Å². The Morgan fingerprint density at radius 3 is 2.62 bits per heavy atom. The number of hydrogen-bond donors (Lipinski definition) is 1. The van der Waals surface area contributed by atoms with Gasteiger partial charge in [0.05, 0.1) is 37.2 Å². The molecular weight excluding hydrogens is 472 g/mol. The summed E-state index contributed by atoms with van der Waals surface area (Å²) in [5.41, 5.74) is -0.439. The van der Waals surface area contributed by atoms with Gasteiger partial charge < -0.3 is 24.4 Å². The number of carbonyl (C=O) groups excluding carboxylic acids is 3. The lowest BCUT2D eigenvalue weighted by atomic mass is 9.70. The predicted octanol–water partition coefficient (Wildman–Crippen LogP) is 3.03. The first kappa shape index (κ1) is 27.1. The van der Waals surface area contributed by atoms with E-state index in [9.17, 15) is 19.5 Å². The Balaban J connectivity index is 1.76. The van der Waals surface area contributed by atoms with E-state index >= 15 is 0 Å². The molecular formula is C29H38N2O6. The van der Waals surface area contributed by atoms with Crippen molar-refractivity contribution in [3.8, 4) is 0 Å². The average molecular weight is 511 g/mol. The average Bonchev–Trinajstić information content (AvgIpc) is 3.53. The molecule has 1 N–H and O–H groups in total. The third-order valence-electron chi connectivity index (χ3n) is 7.97. The van der Waals surface area contributed by atoms with Crippen molar-refractivity contribution in [1.82, 2.24) is 9.80 Å². The predicted molar refractivity (Wildman–Crippen MR) is 138 cm³/mol. The second-order valence-electron chi connectivity index (χ2n) is 10.4. The molecule has 0 aliphatic carbocycles. The number of fused-ring (bicyclic) bond motifs is 1. The first-order valence-corrected chi connectivity index (χ1v) is 13.2. The topological polar surface area (TPSA) is 96.4 Å². The largest absolute Gasteiger partial charge is 0.465 e. The molecule has 8 nitrogen and oxygen atoms in total. The van der Waals surface area contributed by atoms with Gasteiger partial charge in [-0.25, -0.2) is 0 Å². The van der Waals surface area contributed by atoms with Gasteiger partial charge in [-0.3, -0.25) is 14.4 Å². The highest BCUT2D eigenvalue weighted by Gasteiger charge is 2.75. The van der Waals surface area contributed by atoms with Gasteiger partial charge >= 0.3 is 5.97 Å². The number of esters is 1. The molecule has 37 heavy (non-hydrogen) atoms. The lowest BCUT2D eigenvalue weighted by molar-refractivity contribution is -0.157. The summed E-state index contributed by atoms with van der Waals surface area (Å²) in [5.74, 6) is -2.71. The minimum absolute atomic E-state index is 0.147. The lowest BCUT2D eigenvalue weighted by Gasteiger charge is -2.40. The normalized spacial score (nSPS) is 28.8. The standard InChI is InChI=1S/C29H38N2O6/c1-5-7-11-17-36-28(35)23-22-14-15-29(37-22)24(23)26(33)31(21(18-32)20-12-9-8-10-13-20)25(29)27(34)30(16-6-2)19(3)4/h5-6,8-10,12-13,19,21-25,32H,1-2,7,11,14-18H2,3-4H3/t21-,22+,23-,24+,25?,29?/m1/s1. The lowest BCUT2D eigenvalue weighted by Crippen LogP contribution is -2.58. The van der Waals surface area contributed by atoms with Crippen LogP contribution < -0.4 is 0 Å². The van der Waals surface area contributed by atoms with Crippen molar-refractivity contribution >= 4 is 17.8 Å². The van der Waals surface area contributed by atoms with E-state index in [2.05, 4.69) is 13.2 Å². The van der Waals surface area contributed by atoms with Gasteiger partial charge in [-0.05, 0) is 45.1 Å². The Bertz CT molecular complexity index is 1030. The van der Waals surface area contributed by atoms with Crippen LogP contribution in [0.2, 0.25) is 0 Å². The van der Waals surface area contributed by atoms with Gasteiger partial charge in [0.25, 0.3) is 0 Å². The van der Waals surface area contributed by atoms with Crippen molar-refractivity contribution in [2.45, 2.75) is 69.4 Å². The molecule has 0 radical (unpaired) electrons. The van der Waals surface area contributed by atoms with Crippen LogP contribution in [0.15, 0.2) is 55.6 Å². The van der Waals surface area contributed by atoms with Crippen LogP contribution in [-0.2, 0) is 23.9 Å². The number of carbonyl (C=O) groups is 3. The quantitative estimate of drug-likeness (QED) is 0.264. The van der Waals surface area contributed by atoms with Crippen molar-refractivity contribution in [3.05, 3.63) is 61.2 Å². The van der Waals surface area contributed by atoms with Crippen molar-refractivity contribution in [2.24, 2.45) is 11.8 Å². The number of allylic oxidation sites excluding steroid dienone is 1. The van der Waals surface area contributed by atoms with E-state index in [1.807, 2.05) is 44.2 Å². The van der Waals surface area contributed by atoms with Gasteiger partial charge in [0, 0.05) is 12.6 Å². The maximum absolute atomic E-state index is 14.2. The van der Waals surface area contributed by atoms with Crippen molar-refractivity contribution in [2.75, 3.05) is 19.8 Å². The number of likely N-dealkylation sites (tertiary alicyclic amines) is 1. The van der Waals surface area contributed by atoms with Gasteiger partial charge in [-0.15, -0.1) is 13.2 Å². The van der Waals surface area contributed by atoms with Crippen molar-refractivity contribution in [1.29, 1.82) is 0 Å². The number of nitrogens with zero attached hydrogens (tertiary/aromatic N) is 2. The molecule has 2 bridgehead atoms. The second kappa shape index (κ2) is 11.2. The highest BCUT2D eigenvalue weighted by atomic mass is 16.6. The first-order valence-electron chi connectivity index (χ1n) is 13.2. The third kappa shape index (κ3) is 4.61. The number of aliphatic hydroxyl groups is 1. The molecule has 2 unspecified atom stereocenters. The molecule has 2 amide bonds. The maximum atomic E-state index is 14.2. The summed E-state index contributed by atoms with van der Waals surface area (Å²) >= 11 is 0. The van der Waals surface area contributed by atoms with E-state index in [0.717, 1.165) is 6.42 Å². The second-order valence-corrected chi connectivity index (χ2v) is 10.4. The summed E-state index contributed by atoms with van der Waals surface area (Å²) in [4.78, 5) is 44.9. The fraction of sp³-hybridized carbons (Fsp3) is 0.552. The van der Waals surface area contributed by atoms with E-state index in [1.54, 1.807) is 17.1 Å². The molecule has 6 atom stereocenters. The van der Waals surface area contributed by atoms with Crippen LogP contribution in [0.3, 0.4) is 0 Å². The number of aliphatic hydroxyl groups excluding tert-OH is 1. The van der Waals surface area contributed by atoms with E-state index in [4.69, 9.17) is 9.47 Å². The van der Waals surface area contributed by atoms with Crippen molar-refractivity contribution < 1.29 is 29.0 Å². The Morgan fingerprint density at radius 2 is 2.00 bits per heavy atom. The Labute approximate surface area is 218 Å². The van der Waals surface area contributed by atoms with Gasteiger partial charge in [-0.2, -0.15) is 0 Å². The number of unbranched alkanes of at least 4 members (excludes halogenated alkanes) is 1. The molecule has 1 spiro atoms. The molecule has 3 heterocycles. The van der Waals surface area contributed by atoms with Crippen LogP contribution in [0.25, 0.3) is 0 Å². The molecule has 0 saturated carbocycles. The SMILES string of the molecule is C=CCCCOC(=O)[C@@H]1[C@@H]2CCC3(O2)C(C(=O)N(CC=C)C(C)C)N([C@H](CO)c2ccccc2)C(=O)[C@H]13. The number of hydrogen-bond acceptors (Lipinski definition) is 6. The third-order valence-corrected chi connectivity index (χ3v) is 7.97. The number of amides is 2. The van der Waals surface area contributed by atoms with Crippen LogP contribution in [0.4, 0.5) is 0 Å². The zero-order valence-corrected chi connectivity index (χ0v) is 21.8. The Morgan fingerprint density at radius 1 is 1.27 bits per heavy atom. The fourth-order valence-electron chi connectivity index (χ4n) is 6.35. The number of benzene rings is 1. The van der Waals surface area contributed by atoms with Gasteiger partial charge in [0.15, 0.2) is 0 Å². The number of ether oxygens (including phenoxy) is 2. The molecule has 0 aromatic heterocycles. The summed E-state index contributed by atoms with van der Waals surface area (Å²) in [6.07, 6.45) is 5.36. The summed E-state index contributed by atoms with van der Waals surface area (Å²) in [5, 5.41) is 10.5. The molecule has 3 aliphatic heterocycles. The summed E-state index contributed by atoms with van der Waals surface area (Å²) in [6, 6.07) is 7.29.